The van der Waals surface area contributed by atoms with Crippen LogP contribution in [0.3, 0.4) is 0 Å². The van der Waals surface area contributed by atoms with Crippen LogP contribution in [0.4, 0.5) is 11.4 Å². The van der Waals surface area contributed by atoms with Gasteiger partial charge in [0.1, 0.15) is 0 Å². The van der Waals surface area contributed by atoms with Gasteiger partial charge in [-0.05, 0) is 19.1 Å². The van der Waals surface area contributed by atoms with Crippen LogP contribution in [0.25, 0.3) is 0 Å². The van der Waals surface area contributed by atoms with Gasteiger partial charge in [-0.15, -0.1) is 0 Å². The lowest BCUT2D eigenvalue weighted by Crippen LogP contribution is -2.12. The van der Waals surface area contributed by atoms with Crippen LogP contribution in [0, 0.1) is 0 Å². The Labute approximate surface area is 78.0 Å². The Morgan fingerprint density at radius 1 is 1.46 bits per heavy atom. The van der Waals surface area contributed by atoms with Crippen LogP contribution in [-0.4, -0.2) is 11.6 Å². The molecule has 0 aromatic heterocycles. The van der Waals surface area contributed by atoms with Crippen LogP contribution in [0.5, 0.6) is 0 Å². The van der Waals surface area contributed by atoms with Gasteiger partial charge < -0.3 is 5.32 Å². The Kier molecular flexibility index (Phi) is 1.85. The molecule has 0 radical (unpaired) electrons. The summed E-state index contributed by atoms with van der Waals surface area (Å²) in [6, 6.07) is 7.54. The Morgan fingerprint density at radius 2 is 2.23 bits per heavy atom. The van der Waals surface area contributed by atoms with Gasteiger partial charge in [-0.25, -0.2) is 0 Å². The Hall–Kier alpha value is -1.64. The van der Waals surface area contributed by atoms with Crippen molar-refractivity contribution in [1.82, 2.24) is 0 Å². The quantitative estimate of drug-likeness (QED) is 0.647. The van der Waals surface area contributed by atoms with Gasteiger partial charge in [-0.3, -0.25) is 9.79 Å². The van der Waals surface area contributed by atoms with Crippen molar-refractivity contribution in [2.45, 2.75) is 13.3 Å². The van der Waals surface area contributed by atoms with E-state index in [1.807, 2.05) is 31.2 Å². The van der Waals surface area contributed by atoms with E-state index in [9.17, 15) is 4.79 Å². The van der Waals surface area contributed by atoms with Gasteiger partial charge in [0.2, 0.25) is 5.91 Å². The molecule has 0 spiro atoms. The summed E-state index contributed by atoms with van der Waals surface area (Å²) in [5.41, 5.74) is 2.48. The molecule has 3 nitrogen and oxygen atoms in total. The molecule has 0 bridgehead atoms. The van der Waals surface area contributed by atoms with E-state index in [1.165, 1.54) is 0 Å². The second-order valence-corrected chi connectivity index (χ2v) is 3.09. The first kappa shape index (κ1) is 7.98. The third-order valence-electron chi connectivity index (χ3n) is 1.91. The highest BCUT2D eigenvalue weighted by Gasteiger charge is 2.11. The van der Waals surface area contributed by atoms with E-state index in [-0.39, 0.29) is 7.33 Å². The molecular formula is C10H12N2O. The molecule has 68 valence electrons. The number of anilines is 1. The zero-order valence-corrected chi connectivity index (χ0v) is 7.37. The summed E-state index contributed by atoms with van der Waals surface area (Å²) in [5, 5.41) is 2.80. The highest BCUT2D eigenvalue weighted by atomic mass is 16.1. The predicted molar refractivity (Wildman–Crippen MR) is 54.6 cm³/mol. The SMILES string of the molecule is CC1=Nc2ccccc2NC(=O)C1.[HH]. The zero-order chi connectivity index (χ0) is 9.26. The number of carbonyl (C=O) groups is 1. The largest absolute Gasteiger partial charge is 0.324 e. The molecule has 0 saturated carbocycles. The van der Waals surface area contributed by atoms with Gasteiger partial charge in [-0.1, -0.05) is 12.1 Å². The second kappa shape index (κ2) is 3.01. The van der Waals surface area contributed by atoms with Crippen molar-refractivity contribution in [2.75, 3.05) is 5.32 Å². The Morgan fingerprint density at radius 3 is 3.08 bits per heavy atom. The van der Waals surface area contributed by atoms with E-state index in [2.05, 4.69) is 10.3 Å². The number of hydrogen-bond acceptors (Lipinski definition) is 2. The normalized spacial score (nSPS) is 15.5. The van der Waals surface area contributed by atoms with Crippen molar-refractivity contribution in [3.8, 4) is 0 Å². The third-order valence-corrected chi connectivity index (χ3v) is 1.91. The fourth-order valence-corrected chi connectivity index (χ4v) is 1.35. The van der Waals surface area contributed by atoms with Gasteiger partial charge >= 0.3 is 0 Å². The molecule has 0 aliphatic carbocycles. The van der Waals surface area contributed by atoms with Crippen LogP contribution in [0.2, 0.25) is 0 Å². The molecule has 1 N–H and O–H groups in total. The highest BCUT2D eigenvalue weighted by Crippen LogP contribution is 2.26. The molecule has 2 rings (SSSR count). The summed E-state index contributed by atoms with van der Waals surface area (Å²) in [4.78, 5) is 15.6. The lowest BCUT2D eigenvalue weighted by molar-refractivity contribution is -0.115. The number of benzene rings is 1. The van der Waals surface area contributed by atoms with Crippen molar-refractivity contribution < 1.29 is 6.22 Å². The molecule has 0 saturated heterocycles. The summed E-state index contributed by atoms with van der Waals surface area (Å²) in [6.45, 7) is 1.86. The maximum atomic E-state index is 11.3. The number of aliphatic imine (C=N–C) groups is 1. The fraction of sp³-hybridized carbons (Fsp3) is 0.200. The van der Waals surface area contributed by atoms with Crippen molar-refractivity contribution in [1.29, 1.82) is 0 Å². The number of fused-ring (bicyclic) bond motifs is 1. The van der Waals surface area contributed by atoms with Crippen LogP contribution < -0.4 is 5.32 Å². The van der Waals surface area contributed by atoms with Gasteiger partial charge in [0.15, 0.2) is 0 Å². The summed E-state index contributed by atoms with van der Waals surface area (Å²) in [6.07, 6.45) is 0.384. The molecule has 1 amide bonds. The van der Waals surface area contributed by atoms with Gasteiger partial charge in [-0.2, -0.15) is 0 Å². The van der Waals surface area contributed by atoms with E-state index in [0.717, 1.165) is 17.1 Å². The monoisotopic (exact) mass is 176 g/mol. The smallest absolute Gasteiger partial charge is 0.230 e. The molecule has 0 unspecified atom stereocenters. The Balaban J connectivity index is 0.000000980. The maximum absolute atomic E-state index is 11.3. The fourth-order valence-electron chi connectivity index (χ4n) is 1.35. The first-order chi connectivity index (χ1) is 6.25. The number of para-hydroxylation sites is 2. The average Bonchev–Trinajstić information content (AvgIpc) is 2.20. The number of rotatable bonds is 0. The first-order valence-corrected chi connectivity index (χ1v) is 4.19. The molecule has 0 fully saturated rings. The summed E-state index contributed by atoms with van der Waals surface area (Å²) in [7, 11) is 0. The van der Waals surface area contributed by atoms with Crippen LogP contribution in [0.15, 0.2) is 29.3 Å². The number of carbonyl (C=O) groups excluding carboxylic acids is 1. The van der Waals surface area contributed by atoms with Gasteiger partial charge in [0.05, 0.1) is 17.8 Å². The van der Waals surface area contributed by atoms with Crippen LogP contribution in [-0.2, 0) is 4.79 Å². The third kappa shape index (κ3) is 1.59. The number of hydrogen-bond donors (Lipinski definition) is 1. The Bertz CT molecular complexity index is 387. The predicted octanol–water partition coefficient (Wildman–Crippen LogP) is 2.37. The van der Waals surface area contributed by atoms with E-state index in [4.69, 9.17) is 0 Å². The van der Waals surface area contributed by atoms with Crippen molar-refractivity contribution in [3.63, 3.8) is 0 Å². The molecule has 1 heterocycles. The minimum atomic E-state index is 0. The highest BCUT2D eigenvalue weighted by molar-refractivity contribution is 6.09. The zero-order valence-electron chi connectivity index (χ0n) is 7.37. The molecule has 0 atom stereocenters. The van der Waals surface area contributed by atoms with Crippen molar-refractivity contribution in [3.05, 3.63) is 24.3 Å². The average molecular weight is 176 g/mol. The maximum Gasteiger partial charge on any atom is 0.230 e. The second-order valence-electron chi connectivity index (χ2n) is 3.09. The summed E-state index contributed by atoms with van der Waals surface area (Å²) >= 11 is 0. The van der Waals surface area contributed by atoms with E-state index in [1.54, 1.807) is 0 Å². The first-order valence-electron chi connectivity index (χ1n) is 4.19. The van der Waals surface area contributed by atoms with E-state index in [0.29, 0.717) is 6.42 Å². The number of nitrogens with one attached hydrogen (secondary N) is 1. The number of nitrogens with zero attached hydrogens (tertiary/aromatic N) is 1. The lowest BCUT2D eigenvalue weighted by Gasteiger charge is -2.02. The lowest BCUT2D eigenvalue weighted by atomic mass is 10.3. The number of amides is 1. The molecule has 13 heavy (non-hydrogen) atoms. The molecule has 1 aromatic carbocycles. The van der Waals surface area contributed by atoms with Gasteiger partial charge in [0, 0.05) is 7.14 Å². The van der Waals surface area contributed by atoms with Crippen molar-refractivity contribution in [2.24, 2.45) is 4.99 Å². The molecular weight excluding hydrogens is 164 g/mol. The summed E-state index contributed by atoms with van der Waals surface area (Å²) in [5.74, 6) is 0.00574. The minimum absolute atomic E-state index is 0. The molecule has 1 aliphatic rings. The molecule has 1 aromatic rings. The van der Waals surface area contributed by atoms with E-state index >= 15 is 0 Å². The minimum Gasteiger partial charge on any atom is -0.324 e. The molecule has 3 heteroatoms. The topological polar surface area (TPSA) is 41.5 Å². The van der Waals surface area contributed by atoms with Gasteiger partial charge in [0.25, 0.3) is 0 Å². The van der Waals surface area contributed by atoms with E-state index < -0.39 is 0 Å². The van der Waals surface area contributed by atoms with Crippen molar-refractivity contribution >= 4 is 23.0 Å². The van der Waals surface area contributed by atoms with Crippen LogP contribution >= 0.6 is 0 Å². The molecule has 1 aliphatic heterocycles. The standard InChI is InChI=1S/C10H10N2O.H2/c1-7-6-10(13)12-9-5-3-2-4-8(9)11-7;/h2-5H,6H2,1H3,(H,12,13);1H. The van der Waals surface area contributed by atoms with Crippen LogP contribution in [0.1, 0.15) is 14.8 Å². The summed E-state index contributed by atoms with van der Waals surface area (Å²) < 4.78 is 0.